The van der Waals surface area contributed by atoms with E-state index in [9.17, 15) is 18.0 Å². The molecule has 1 heterocycles. The largest absolute Gasteiger partial charge is 0.416 e. The summed E-state index contributed by atoms with van der Waals surface area (Å²) in [7, 11) is 1.53. The summed E-state index contributed by atoms with van der Waals surface area (Å²) >= 11 is 0. The number of nitrogens with one attached hydrogen (secondary N) is 1. The van der Waals surface area contributed by atoms with Gasteiger partial charge in [-0.15, -0.1) is 0 Å². The van der Waals surface area contributed by atoms with Crippen molar-refractivity contribution in [3.05, 3.63) is 35.4 Å². The SMILES string of the molecule is CNC(=O)C(N)(c1ccc(C(F)(F)F)cc1)C1CCCCC1N1CCCC1. The van der Waals surface area contributed by atoms with E-state index in [1.54, 1.807) is 0 Å². The number of nitrogens with zero attached hydrogens (tertiary/aromatic N) is 1. The van der Waals surface area contributed by atoms with Gasteiger partial charge in [0.1, 0.15) is 5.54 Å². The monoisotopic (exact) mass is 383 g/mol. The molecule has 7 heteroatoms. The van der Waals surface area contributed by atoms with Crippen LogP contribution < -0.4 is 11.1 Å². The fraction of sp³-hybridized carbons (Fsp3) is 0.650. The zero-order valence-corrected chi connectivity index (χ0v) is 15.7. The molecule has 0 aromatic heterocycles. The summed E-state index contributed by atoms with van der Waals surface area (Å²) in [6.45, 7) is 2.00. The Morgan fingerprint density at radius 1 is 1.04 bits per heavy atom. The first-order valence-electron chi connectivity index (χ1n) is 9.71. The Morgan fingerprint density at radius 3 is 2.15 bits per heavy atom. The standard InChI is InChI=1S/C20H28F3N3O/c1-25-18(27)19(24,14-8-10-15(11-9-14)20(21,22)23)16-6-2-3-7-17(16)26-12-4-5-13-26/h8-11,16-17H,2-7,12-13,24H2,1H3,(H,25,27). The zero-order valence-electron chi connectivity index (χ0n) is 15.7. The highest BCUT2D eigenvalue weighted by atomic mass is 19.4. The molecule has 1 aliphatic heterocycles. The van der Waals surface area contributed by atoms with Crippen molar-refractivity contribution in [2.24, 2.45) is 11.7 Å². The highest BCUT2D eigenvalue weighted by Crippen LogP contribution is 2.42. The number of benzene rings is 1. The van der Waals surface area contributed by atoms with Gasteiger partial charge in [-0.3, -0.25) is 4.79 Å². The maximum Gasteiger partial charge on any atom is 0.416 e. The van der Waals surface area contributed by atoms with Crippen molar-refractivity contribution in [1.82, 2.24) is 10.2 Å². The quantitative estimate of drug-likeness (QED) is 0.839. The maximum atomic E-state index is 12.9. The van der Waals surface area contributed by atoms with Crippen LogP contribution in [0, 0.1) is 5.92 Å². The van der Waals surface area contributed by atoms with Crippen molar-refractivity contribution in [1.29, 1.82) is 0 Å². The Kier molecular flexibility index (Phi) is 5.82. The lowest BCUT2D eigenvalue weighted by atomic mass is 9.68. The van der Waals surface area contributed by atoms with Gasteiger partial charge < -0.3 is 16.0 Å². The second-order valence-electron chi connectivity index (χ2n) is 7.72. The number of nitrogens with two attached hydrogens (primary N) is 1. The number of likely N-dealkylation sites (tertiary alicyclic amines) is 1. The predicted octanol–water partition coefficient (Wildman–Crippen LogP) is 3.26. The molecule has 3 rings (SSSR count). The number of carbonyl (C=O) groups is 1. The van der Waals surface area contributed by atoms with Crippen LogP contribution in [0.2, 0.25) is 0 Å². The molecule has 27 heavy (non-hydrogen) atoms. The molecule has 4 nitrogen and oxygen atoms in total. The van der Waals surface area contributed by atoms with Gasteiger partial charge >= 0.3 is 6.18 Å². The third-order valence-electron chi connectivity index (χ3n) is 6.22. The summed E-state index contributed by atoms with van der Waals surface area (Å²) in [5.41, 5.74) is 5.12. The fourth-order valence-corrected chi connectivity index (χ4v) is 4.81. The van der Waals surface area contributed by atoms with E-state index in [0.717, 1.165) is 63.7 Å². The summed E-state index contributed by atoms with van der Waals surface area (Å²) < 4.78 is 38.8. The minimum Gasteiger partial charge on any atom is -0.357 e. The van der Waals surface area contributed by atoms with Gasteiger partial charge in [0.25, 0.3) is 0 Å². The highest BCUT2D eigenvalue weighted by Gasteiger charge is 2.49. The maximum absolute atomic E-state index is 12.9. The predicted molar refractivity (Wildman–Crippen MR) is 97.9 cm³/mol. The summed E-state index contributed by atoms with van der Waals surface area (Å²) in [5, 5.41) is 2.65. The molecular formula is C20H28F3N3O. The van der Waals surface area contributed by atoms with Gasteiger partial charge in [-0.05, 0) is 56.5 Å². The molecule has 3 unspecified atom stereocenters. The molecule has 1 amide bonds. The Bertz CT molecular complexity index is 655. The zero-order chi connectivity index (χ0) is 19.7. The highest BCUT2D eigenvalue weighted by molar-refractivity contribution is 5.87. The summed E-state index contributed by atoms with van der Waals surface area (Å²) in [6.07, 6.45) is 1.71. The van der Waals surface area contributed by atoms with E-state index in [1.807, 2.05) is 0 Å². The second kappa shape index (κ2) is 7.80. The number of halogens is 3. The van der Waals surface area contributed by atoms with E-state index in [4.69, 9.17) is 5.73 Å². The van der Waals surface area contributed by atoms with Crippen LogP contribution in [0.3, 0.4) is 0 Å². The van der Waals surface area contributed by atoms with Gasteiger partial charge in [0.15, 0.2) is 0 Å². The molecular weight excluding hydrogens is 355 g/mol. The topological polar surface area (TPSA) is 58.4 Å². The van der Waals surface area contributed by atoms with Crippen LogP contribution in [-0.4, -0.2) is 37.0 Å². The van der Waals surface area contributed by atoms with E-state index in [2.05, 4.69) is 10.2 Å². The molecule has 2 fully saturated rings. The smallest absolute Gasteiger partial charge is 0.357 e. The van der Waals surface area contributed by atoms with Crippen molar-refractivity contribution < 1.29 is 18.0 Å². The fourth-order valence-electron chi connectivity index (χ4n) is 4.81. The Hall–Kier alpha value is -1.60. The van der Waals surface area contributed by atoms with Gasteiger partial charge in [-0.2, -0.15) is 13.2 Å². The van der Waals surface area contributed by atoms with Gasteiger partial charge in [0.2, 0.25) is 5.91 Å². The summed E-state index contributed by atoms with van der Waals surface area (Å²) in [6, 6.07) is 4.97. The normalized spacial score (nSPS) is 26.6. The van der Waals surface area contributed by atoms with Crippen LogP contribution in [0.4, 0.5) is 13.2 Å². The van der Waals surface area contributed by atoms with E-state index < -0.39 is 17.3 Å². The average Bonchev–Trinajstić information content (AvgIpc) is 3.21. The number of hydrogen-bond donors (Lipinski definition) is 2. The first-order valence-corrected chi connectivity index (χ1v) is 9.71. The third-order valence-corrected chi connectivity index (χ3v) is 6.22. The first kappa shape index (κ1) is 20.1. The van der Waals surface area contributed by atoms with Crippen molar-refractivity contribution >= 4 is 5.91 Å². The van der Waals surface area contributed by atoms with Gasteiger partial charge in [-0.25, -0.2) is 0 Å². The average molecular weight is 383 g/mol. The number of hydrogen-bond acceptors (Lipinski definition) is 3. The molecule has 1 aromatic carbocycles. The lowest BCUT2D eigenvalue weighted by Gasteiger charge is -2.46. The number of amides is 1. The third kappa shape index (κ3) is 3.85. The first-order chi connectivity index (χ1) is 12.8. The minimum absolute atomic E-state index is 0.124. The molecule has 150 valence electrons. The number of alkyl halides is 3. The molecule has 1 saturated carbocycles. The number of carbonyl (C=O) groups excluding carboxylic acids is 1. The Balaban J connectivity index is 1.99. The van der Waals surface area contributed by atoms with E-state index >= 15 is 0 Å². The van der Waals surface area contributed by atoms with E-state index in [-0.39, 0.29) is 17.9 Å². The van der Waals surface area contributed by atoms with Gasteiger partial charge in [0.05, 0.1) is 5.56 Å². The molecule has 1 aromatic rings. The molecule has 0 radical (unpaired) electrons. The van der Waals surface area contributed by atoms with E-state index in [1.165, 1.54) is 19.2 Å². The minimum atomic E-state index is -4.41. The molecule has 1 aliphatic carbocycles. The van der Waals surface area contributed by atoms with Crippen LogP contribution >= 0.6 is 0 Å². The molecule has 0 spiro atoms. The van der Waals surface area contributed by atoms with Crippen molar-refractivity contribution in [2.75, 3.05) is 20.1 Å². The molecule has 2 aliphatic rings. The Morgan fingerprint density at radius 2 is 1.59 bits per heavy atom. The van der Waals surface area contributed by atoms with Crippen molar-refractivity contribution in [3.63, 3.8) is 0 Å². The van der Waals surface area contributed by atoms with Crippen LogP contribution in [0.15, 0.2) is 24.3 Å². The number of rotatable bonds is 4. The lowest BCUT2D eigenvalue weighted by molar-refractivity contribution is -0.137. The lowest BCUT2D eigenvalue weighted by Crippen LogP contribution is -2.61. The molecule has 3 atom stereocenters. The van der Waals surface area contributed by atoms with Crippen molar-refractivity contribution in [3.8, 4) is 0 Å². The number of likely N-dealkylation sites (N-methyl/N-ethyl adjacent to an activating group) is 1. The molecule has 1 saturated heterocycles. The van der Waals surface area contributed by atoms with Crippen LogP contribution in [0.5, 0.6) is 0 Å². The van der Waals surface area contributed by atoms with Crippen LogP contribution in [0.25, 0.3) is 0 Å². The van der Waals surface area contributed by atoms with Crippen molar-refractivity contribution in [2.45, 2.75) is 56.3 Å². The van der Waals surface area contributed by atoms with Gasteiger partial charge in [-0.1, -0.05) is 25.0 Å². The summed E-state index contributed by atoms with van der Waals surface area (Å²) in [4.78, 5) is 15.3. The van der Waals surface area contributed by atoms with Crippen LogP contribution in [-0.2, 0) is 16.5 Å². The molecule has 3 N–H and O–H groups in total. The molecule has 0 bridgehead atoms. The van der Waals surface area contributed by atoms with E-state index in [0.29, 0.717) is 5.56 Å². The van der Waals surface area contributed by atoms with Crippen LogP contribution in [0.1, 0.15) is 49.7 Å². The summed E-state index contributed by atoms with van der Waals surface area (Å²) in [5.74, 6) is -0.459. The van der Waals surface area contributed by atoms with Gasteiger partial charge in [0, 0.05) is 19.0 Å². The Labute approximate surface area is 158 Å². The second-order valence-corrected chi connectivity index (χ2v) is 7.72.